The van der Waals surface area contributed by atoms with E-state index < -0.39 is 48.1 Å². The topological polar surface area (TPSA) is 146 Å². The van der Waals surface area contributed by atoms with E-state index in [-0.39, 0.29) is 38.8 Å². The normalized spacial score (nSPS) is 21.9. The lowest BCUT2D eigenvalue weighted by atomic mass is 9.79. The van der Waals surface area contributed by atoms with Gasteiger partial charge in [-0.05, 0) is 57.4 Å². The number of benzene rings is 3. The van der Waals surface area contributed by atoms with Crippen molar-refractivity contribution in [2.24, 2.45) is 0 Å². The number of carbonyl (C=O) groups is 2. The van der Waals surface area contributed by atoms with E-state index in [4.69, 9.17) is 33.2 Å². The van der Waals surface area contributed by atoms with E-state index >= 15 is 4.79 Å². The molecule has 0 aliphatic carbocycles. The average Bonchev–Trinajstić information content (AvgIpc) is 3.60. The number of hydrogen-bond donors (Lipinski definition) is 2. The first-order valence-electron chi connectivity index (χ1n) is 17.5. The number of hydrogen-bond acceptors (Lipinski definition) is 11. The largest absolute Gasteiger partial charge is 0.504 e. The molecule has 2 N–H and O–H groups in total. The Labute approximate surface area is 309 Å². The zero-order valence-corrected chi connectivity index (χ0v) is 31.2. The maximum absolute atomic E-state index is 15.3. The SMILES string of the molecule is C=CCOc1c(C)c2c(c3c1C(OC)[C@H]1C(O)N(C(=O)OC(C)(C)C)[C@@H](Cc4cc(C)c(OC)c(O)c4)C(=O)N1[C@H]3COCc1ccccc1)OCO2. The fraction of sp³-hybridized carbons (Fsp3) is 0.450. The predicted octanol–water partition coefficient (Wildman–Crippen LogP) is 5.65. The van der Waals surface area contributed by atoms with Crippen molar-refractivity contribution in [2.75, 3.05) is 34.2 Å². The lowest BCUT2D eigenvalue weighted by Crippen LogP contribution is -2.72. The number of aryl methyl sites for hydroxylation is 1. The molecular formula is C40H48N2O11. The van der Waals surface area contributed by atoms with E-state index in [1.807, 2.05) is 37.3 Å². The standard InChI is InChI=1S/C40H48N2O11/c1-9-15-50-33-23(3)34-36(52-21-51-34)29-27(20-49-19-24-13-11-10-12-14-24)41-31(35(48-8)30(29)33)38(45)42(39(46)53-40(4,5)6)26(37(41)44)17-25-16-22(2)32(47-7)28(43)18-25/h9-14,16,18,26-27,31,35,38,43,45H,1,15,17,19-21H2,2-8H3/t26-,27-,31-,35?,38?/m0/s1. The van der Waals surface area contributed by atoms with Crippen LogP contribution in [0.3, 0.4) is 0 Å². The number of phenols is 1. The molecule has 1 fully saturated rings. The summed E-state index contributed by atoms with van der Waals surface area (Å²) in [6.45, 7) is 12.8. The van der Waals surface area contributed by atoms with Gasteiger partial charge < -0.3 is 48.3 Å². The number of piperazine rings is 1. The third kappa shape index (κ3) is 7.08. The number of aliphatic hydroxyl groups is 1. The molecule has 0 saturated carbocycles. The summed E-state index contributed by atoms with van der Waals surface area (Å²) < 4.78 is 42.1. The molecule has 3 aliphatic rings. The van der Waals surface area contributed by atoms with E-state index in [1.54, 1.807) is 44.7 Å². The highest BCUT2D eigenvalue weighted by Crippen LogP contribution is 2.57. The Bertz CT molecular complexity index is 1830. The average molecular weight is 733 g/mol. The molecule has 0 spiro atoms. The van der Waals surface area contributed by atoms with Gasteiger partial charge in [0.15, 0.2) is 29.2 Å². The fourth-order valence-electron chi connectivity index (χ4n) is 7.61. The zero-order chi connectivity index (χ0) is 38.2. The van der Waals surface area contributed by atoms with Gasteiger partial charge in [0.1, 0.15) is 36.1 Å². The van der Waals surface area contributed by atoms with E-state index in [0.717, 1.165) is 10.5 Å². The Kier molecular flexibility index (Phi) is 10.8. The van der Waals surface area contributed by atoms with Crippen LogP contribution in [0.15, 0.2) is 55.1 Å². The molecule has 2 amide bonds. The fourth-order valence-corrected chi connectivity index (χ4v) is 7.61. The molecule has 3 aromatic rings. The van der Waals surface area contributed by atoms with Crippen LogP contribution in [0.4, 0.5) is 4.79 Å². The molecule has 53 heavy (non-hydrogen) atoms. The summed E-state index contributed by atoms with van der Waals surface area (Å²) in [6.07, 6.45) is -1.99. The molecule has 6 rings (SSSR count). The molecule has 3 aliphatic heterocycles. The number of carbonyl (C=O) groups excluding carboxylic acids is 2. The second-order valence-corrected chi connectivity index (χ2v) is 14.3. The van der Waals surface area contributed by atoms with Gasteiger partial charge >= 0.3 is 6.09 Å². The van der Waals surface area contributed by atoms with Gasteiger partial charge in [-0.2, -0.15) is 0 Å². The number of methoxy groups -OCH3 is 2. The first-order valence-corrected chi connectivity index (χ1v) is 17.5. The highest BCUT2D eigenvalue weighted by atomic mass is 16.7. The maximum Gasteiger partial charge on any atom is 0.413 e. The van der Waals surface area contributed by atoms with E-state index in [0.29, 0.717) is 50.8 Å². The Morgan fingerprint density at radius 1 is 1.02 bits per heavy atom. The van der Waals surface area contributed by atoms with Crippen molar-refractivity contribution < 1.29 is 53.0 Å². The summed E-state index contributed by atoms with van der Waals surface area (Å²) in [5, 5.41) is 23.3. The molecule has 284 valence electrons. The van der Waals surface area contributed by atoms with Crippen LogP contribution in [-0.4, -0.2) is 90.2 Å². The van der Waals surface area contributed by atoms with Crippen LogP contribution in [-0.2, 0) is 32.0 Å². The van der Waals surface area contributed by atoms with Crippen LogP contribution in [0.25, 0.3) is 0 Å². The predicted molar refractivity (Wildman–Crippen MR) is 193 cm³/mol. The van der Waals surface area contributed by atoms with Crippen LogP contribution in [0.5, 0.6) is 28.7 Å². The van der Waals surface area contributed by atoms with Gasteiger partial charge in [-0.15, -0.1) is 0 Å². The van der Waals surface area contributed by atoms with E-state index in [9.17, 15) is 15.0 Å². The maximum atomic E-state index is 15.3. The molecule has 1 saturated heterocycles. The molecule has 5 atom stereocenters. The lowest BCUT2D eigenvalue weighted by Gasteiger charge is -2.55. The highest BCUT2D eigenvalue weighted by Gasteiger charge is 2.59. The minimum Gasteiger partial charge on any atom is -0.504 e. The quantitative estimate of drug-likeness (QED) is 0.236. The first-order chi connectivity index (χ1) is 25.3. The molecule has 0 aromatic heterocycles. The van der Waals surface area contributed by atoms with Crippen LogP contribution in [0.1, 0.15) is 66.3 Å². The van der Waals surface area contributed by atoms with Crippen molar-refractivity contribution in [1.82, 2.24) is 9.80 Å². The number of phenolic OH excluding ortho intramolecular Hbond substituents is 1. The van der Waals surface area contributed by atoms with Gasteiger partial charge in [-0.3, -0.25) is 9.69 Å². The number of aromatic hydroxyl groups is 1. The number of aliphatic hydroxyl groups excluding tert-OH is 1. The Morgan fingerprint density at radius 2 is 1.74 bits per heavy atom. The van der Waals surface area contributed by atoms with Crippen molar-refractivity contribution in [3.05, 3.63) is 88.5 Å². The summed E-state index contributed by atoms with van der Waals surface area (Å²) >= 11 is 0. The van der Waals surface area contributed by atoms with E-state index in [2.05, 4.69) is 6.58 Å². The second kappa shape index (κ2) is 15.2. The van der Waals surface area contributed by atoms with Crippen LogP contribution < -0.4 is 18.9 Å². The van der Waals surface area contributed by atoms with Gasteiger partial charge in [0, 0.05) is 30.2 Å². The molecule has 3 aromatic carbocycles. The summed E-state index contributed by atoms with van der Waals surface area (Å²) in [7, 11) is 2.93. The molecule has 3 heterocycles. The molecule has 0 bridgehead atoms. The molecular weight excluding hydrogens is 684 g/mol. The Morgan fingerprint density at radius 3 is 2.38 bits per heavy atom. The van der Waals surface area contributed by atoms with Crippen LogP contribution >= 0.6 is 0 Å². The number of rotatable bonds is 11. The van der Waals surface area contributed by atoms with Gasteiger partial charge in [-0.25, -0.2) is 4.79 Å². The van der Waals surface area contributed by atoms with Crippen LogP contribution in [0.2, 0.25) is 0 Å². The minimum absolute atomic E-state index is 0.0192. The Balaban J connectivity index is 1.54. The summed E-state index contributed by atoms with van der Waals surface area (Å²) in [5.41, 5.74) is 2.87. The van der Waals surface area contributed by atoms with Gasteiger partial charge in [-0.1, -0.05) is 49.1 Å². The molecule has 13 heteroatoms. The van der Waals surface area contributed by atoms with Crippen LogP contribution in [0, 0.1) is 13.8 Å². The smallest absolute Gasteiger partial charge is 0.413 e. The van der Waals surface area contributed by atoms with Crippen molar-refractivity contribution in [2.45, 2.75) is 83.7 Å². The van der Waals surface area contributed by atoms with Gasteiger partial charge in [0.25, 0.3) is 0 Å². The Hall–Kier alpha value is -4.98. The van der Waals surface area contributed by atoms with Crippen molar-refractivity contribution >= 4 is 12.0 Å². The highest BCUT2D eigenvalue weighted by molar-refractivity contribution is 5.89. The van der Waals surface area contributed by atoms with Crippen molar-refractivity contribution in [3.8, 4) is 28.7 Å². The van der Waals surface area contributed by atoms with E-state index in [1.165, 1.54) is 20.3 Å². The molecule has 2 unspecified atom stereocenters. The van der Waals surface area contributed by atoms with Gasteiger partial charge in [0.2, 0.25) is 12.7 Å². The lowest BCUT2D eigenvalue weighted by molar-refractivity contribution is -0.193. The summed E-state index contributed by atoms with van der Waals surface area (Å²) in [4.78, 5) is 32.0. The molecule has 13 nitrogen and oxygen atoms in total. The van der Waals surface area contributed by atoms with Crippen molar-refractivity contribution in [3.63, 3.8) is 0 Å². The molecule has 0 radical (unpaired) electrons. The third-order valence-corrected chi connectivity index (χ3v) is 9.66. The zero-order valence-electron chi connectivity index (χ0n) is 31.2. The van der Waals surface area contributed by atoms with Gasteiger partial charge in [0.05, 0.1) is 26.4 Å². The number of amides is 2. The minimum atomic E-state index is -1.63. The number of fused-ring (bicyclic) bond motifs is 4. The van der Waals surface area contributed by atoms with Crippen molar-refractivity contribution in [1.29, 1.82) is 0 Å². The number of nitrogens with zero attached hydrogens (tertiary/aromatic N) is 2. The third-order valence-electron chi connectivity index (χ3n) is 9.66. The second-order valence-electron chi connectivity index (χ2n) is 14.3. The first kappa shape index (κ1) is 37.8. The number of ether oxygens (including phenoxy) is 7. The monoisotopic (exact) mass is 732 g/mol. The summed E-state index contributed by atoms with van der Waals surface area (Å²) in [5.74, 6) is 0.980. The summed E-state index contributed by atoms with van der Waals surface area (Å²) in [6, 6.07) is 9.60.